The van der Waals surface area contributed by atoms with E-state index >= 15 is 0 Å². The highest BCUT2D eigenvalue weighted by Gasteiger charge is 2.45. The van der Waals surface area contributed by atoms with Gasteiger partial charge in [-0.15, -0.1) is 0 Å². The van der Waals surface area contributed by atoms with E-state index in [1.165, 1.54) is 19.6 Å². The Bertz CT molecular complexity index is 195. The molecule has 0 spiro atoms. The lowest BCUT2D eigenvalue weighted by Gasteiger charge is -2.32. The van der Waals surface area contributed by atoms with Crippen LogP contribution in [0.2, 0.25) is 0 Å². The van der Waals surface area contributed by atoms with Crippen molar-refractivity contribution < 1.29 is 0 Å². The molecular weight excluding hydrogens is 160 g/mol. The Hall–Kier alpha value is -0.0800. The topological polar surface area (TPSA) is 15.3 Å². The van der Waals surface area contributed by atoms with E-state index in [9.17, 15) is 0 Å². The van der Waals surface area contributed by atoms with Crippen LogP contribution in [0.15, 0.2) is 0 Å². The number of nitrogens with zero attached hydrogens (tertiary/aromatic N) is 1. The van der Waals surface area contributed by atoms with Gasteiger partial charge in [0.25, 0.3) is 0 Å². The summed E-state index contributed by atoms with van der Waals surface area (Å²) in [6.07, 6.45) is 0. The summed E-state index contributed by atoms with van der Waals surface area (Å²) in [5, 5.41) is 3.69. The molecule has 0 amide bonds. The highest BCUT2D eigenvalue weighted by molar-refractivity contribution is 5.01. The zero-order valence-corrected chi connectivity index (χ0v) is 9.30. The molecule has 2 aliphatic heterocycles. The van der Waals surface area contributed by atoms with Crippen molar-refractivity contribution in [1.82, 2.24) is 10.2 Å². The molecule has 2 heterocycles. The molecule has 13 heavy (non-hydrogen) atoms. The average Bonchev–Trinajstić information content (AvgIpc) is 2.41. The largest absolute Gasteiger partial charge is 0.313 e. The Morgan fingerprint density at radius 3 is 2.54 bits per heavy atom. The fraction of sp³-hybridized carbons (Fsp3) is 1.00. The van der Waals surface area contributed by atoms with Crippen LogP contribution in [0.5, 0.6) is 0 Å². The summed E-state index contributed by atoms with van der Waals surface area (Å²) in [7, 11) is 2.25. The van der Waals surface area contributed by atoms with E-state index in [1.807, 2.05) is 0 Å². The van der Waals surface area contributed by atoms with E-state index in [-0.39, 0.29) is 0 Å². The zero-order chi connectivity index (χ0) is 9.64. The van der Waals surface area contributed by atoms with Gasteiger partial charge in [0, 0.05) is 19.1 Å². The fourth-order valence-corrected chi connectivity index (χ4v) is 3.09. The molecule has 0 aliphatic carbocycles. The van der Waals surface area contributed by atoms with Crippen LogP contribution < -0.4 is 5.32 Å². The molecule has 0 aromatic carbocycles. The SMILES string of the molecule is CN1C[C@@H]2CN[C@@H](C(C)(C)C)[C@H]2C1. The number of hydrogen-bond acceptors (Lipinski definition) is 2. The molecule has 0 aromatic rings. The Labute approximate surface area is 81.7 Å². The van der Waals surface area contributed by atoms with Gasteiger partial charge in [-0.2, -0.15) is 0 Å². The summed E-state index contributed by atoms with van der Waals surface area (Å²) in [5.41, 5.74) is 0.421. The van der Waals surface area contributed by atoms with Crippen molar-refractivity contribution in [3.63, 3.8) is 0 Å². The van der Waals surface area contributed by atoms with Crippen molar-refractivity contribution in [3.05, 3.63) is 0 Å². The van der Waals surface area contributed by atoms with E-state index in [0.717, 1.165) is 17.9 Å². The zero-order valence-electron chi connectivity index (χ0n) is 9.30. The minimum atomic E-state index is 0.421. The summed E-state index contributed by atoms with van der Waals surface area (Å²) < 4.78 is 0. The molecule has 2 heteroatoms. The summed E-state index contributed by atoms with van der Waals surface area (Å²) in [6.45, 7) is 10.9. The maximum atomic E-state index is 3.69. The van der Waals surface area contributed by atoms with Gasteiger partial charge in [-0.05, 0) is 30.8 Å². The quantitative estimate of drug-likeness (QED) is 0.605. The number of hydrogen-bond donors (Lipinski definition) is 1. The molecule has 76 valence electrons. The Morgan fingerprint density at radius 2 is 1.92 bits per heavy atom. The minimum Gasteiger partial charge on any atom is -0.313 e. The Kier molecular flexibility index (Phi) is 2.16. The molecule has 2 aliphatic rings. The van der Waals surface area contributed by atoms with E-state index < -0.39 is 0 Å². The first-order valence-electron chi connectivity index (χ1n) is 5.40. The van der Waals surface area contributed by atoms with Crippen LogP contribution in [0, 0.1) is 17.3 Å². The van der Waals surface area contributed by atoms with Crippen LogP contribution in [0.4, 0.5) is 0 Å². The molecule has 0 unspecified atom stereocenters. The van der Waals surface area contributed by atoms with Crippen molar-refractivity contribution in [2.75, 3.05) is 26.7 Å². The maximum Gasteiger partial charge on any atom is 0.0160 e. The standard InChI is InChI=1S/C11H22N2/c1-11(2,3)10-9-7-13(4)6-8(9)5-12-10/h8-10,12H,5-7H2,1-4H3/t8-,9-,10+/m0/s1. The second kappa shape index (κ2) is 2.96. The van der Waals surface area contributed by atoms with Crippen LogP contribution in [-0.2, 0) is 0 Å². The van der Waals surface area contributed by atoms with Crippen molar-refractivity contribution in [3.8, 4) is 0 Å². The second-order valence-corrected chi connectivity index (χ2v) is 5.90. The summed E-state index contributed by atoms with van der Waals surface area (Å²) in [4.78, 5) is 2.48. The summed E-state index contributed by atoms with van der Waals surface area (Å²) in [5.74, 6) is 1.80. The van der Waals surface area contributed by atoms with Gasteiger partial charge < -0.3 is 10.2 Å². The van der Waals surface area contributed by atoms with Crippen molar-refractivity contribution >= 4 is 0 Å². The number of likely N-dealkylation sites (tertiary alicyclic amines) is 1. The lowest BCUT2D eigenvalue weighted by molar-refractivity contribution is 0.226. The molecule has 0 bridgehead atoms. The Morgan fingerprint density at radius 1 is 1.23 bits per heavy atom. The lowest BCUT2D eigenvalue weighted by atomic mass is 9.78. The van der Waals surface area contributed by atoms with Gasteiger partial charge in [0.1, 0.15) is 0 Å². The molecule has 2 nitrogen and oxygen atoms in total. The first-order valence-corrected chi connectivity index (χ1v) is 5.40. The third-order valence-electron chi connectivity index (χ3n) is 3.64. The van der Waals surface area contributed by atoms with Crippen LogP contribution in [0.3, 0.4) is 0 Å². The smallest absolute Gasteiger partial charge is 0.0160 e. The second-order valence-electron chi connectivity index (χ2n) is 5.90. The third-order valence-corrected chi connectivity index (χ3v) is 3.64. The van der Waals surface area contributed by atoms with Gasteiger partial charge in [0.2, 0.25) is 0 Å². The summed E-state index contributed by atoms with van der Waals surface area (Å²) >= 11 is 0. The molecule has 2 rings (SSSR count). The molecule has 1 N–H and O–H groups in total. The number of fused-ring (bicyclic) bond motifs is 1. The van der Waals surface area contributed by atoms with Crippen LogP contribution >= 0.6 is 0 Å². The molecular formula is C11H22N2. The van der Waals surface area contributed by atoms with E-state index in [1.54, 1.807) is 0 Å². The molecule has 2 fully saturated rings. The van der Waals surface area contributed by atoms with E-state index in [4.69, 9.17) is 0 Å². The highest BCUT2D eigenvalue weighted by Crippen LogP contribution is 2.37. The lowest BCUT2D eigenvalue weighted by Crippen LogP contribution is -2.41. The molecule has 3 atom stereocenters. The molecule has 0 radical (unpaired) electrons. The predicted molar refractivity (Wildman–Crippen MR) is 55.7 cm³/mol. The number of rotatable bonds is 0. The van der Waals surface area contributed by atoms with Gasteiger partial charge in [0.05, 0.1) is 0 Å². The minimum absolute atomic E-state index is 0.421. The molecule has 0 aromatic heterocycles. The van der Waals surface area contributed by atoms with Crippen LogP contribution in [0.1, 0.15) is 20.8 Å². The van der Waals surface area contributed by atoms with Gasteiger partial charge in [-0.1, -0.05) is 20.8 Å². The van der Waals surface area contributed by atoms with Gasteiger partial charge in [-0.25, -0.2) is 0 Å². The summed E-state index contributed by atoms with van der Waals surface area (Å²) in [6, 6.07) is 0.724. The third kappa shape index (κ3) is 1.62. The first-order chi connectivity index (χ1) is 5.98. The van der Waals surface area contributed by atoms with Crippen molar-refractivity contribution in [2.24, 2.45) is 17.3 Å². The van der Waals surface area contributed by atoms with E-state index in [2.05, 4.69) is 38.0 Å². The fourth-order valence-electron chi connectivity index (χ4n) is 3.09. The average molecular weight is 182 g/mol. The first kappa shape index (κ1) is 9.47. The van der Waals surface area contributed by atoms with Crippen LogP contribution in [0.25, 0.3) is 0 Å². The van der Waals surface area contributed by atoms with Gasteiger partial charge in [-0.3, -0.25) is 0 Å². The maximum absolute atomic E-state index is 3.69. The van der Waals surface area contributed by atoms with E-state index in [0.29, 0.717) is 5.41 Å². The monoisotopic (exact) mass is 182 g/mol. The van der Waals surface area contributed by atoms with Crippen molar-refractivity contribution in [1.29, 1.82) is 0 Å². The predicted octanol–water partition coefficient (Wildman–Crippen LogP) is 1.18. The van der Waals surface area contributed by atoms with Gasteiger partial charge >= 0.3 is 0 Å². The Balaban J connectivity index is 2.09. The van der Waals surface area contributed by atoms with Crippen molar-refractivity contribution in [2.45, 2.75) is 26.8 Å². The van der Waals surface area contributed by atoms with Gasteiger partial charge in [0.15, 0.2) is 0 Å². The molecule has 0 saturated carbocycles. The normalized spacial score (nSPS) is 41.1. The van der Waals surface area contributed by atoms with Crippen LogP contribution in [-0.4, -0.2) is 37.6 Å². The molecule has 2 saturated heterocycles. The number of nitrogens with one attached hydrogen (secondary N) is 1. The highest BCUT2D eigenvalue weighted by atomic mass is 15.2.